The van der Waals surface area contributed by atoms with Crippen molar-refractivity contribution in [3.8, 4) is 5.75 Å². The number of amides is 1. The molecule has 5 heteroatoms. The zero-order valence-electron chi connectivity index (χ0n) is 10.6. The van der Waals surface area contributed by atoms with Crippen LogP contribution in [0.3, 0.4) is 0 Å². The first-order valence-corrected chi connectivity index (χ1v) is 7.15. The summed E-state index contributed by atoms with van der Waals surface area (Å²) in [6.07, 6.45) is -0.773. The van der Waals surface area contributed by atoms with Gasteiger partial charge in [-0.05, 0) is 46.4 Å². The van der Waals surface area contributed by atoms with Crippen molar-refractivity contribution in [2.24, 2.45) is 0 Å². The Kier molecular flexibility index (Phi) is 4.97. The monoisotopic (exact) mass is 383 g/mol. The maximum Gasteiger partial charge on any atom is 0.255 e. The molecule has 2 aromatic rings. The van der Waals surface area contributed by atoms with E-state index in [1.807, 2.05) is 18.2 Å². The fourth-order valence-corrected chi connectivity index (χ4v) is 2.26. The van der Waals surface area contributed by atoms with E-state index in [0.717, 1.165) is 9.13 Å². The molecule has 4 nitrogen and oxygen atoms in total. The van der Waals surface area contributed by atoms with Gasteiger partial charge in [-0.2, -0.15) is 0 Å². The second kappa shape index (κ2) is 6.71. The third-order valence-corrected chi connectivity index (χ3v) is 3.51. The summed E-state index contributed by atoms with van der Waals surface area (Å²) >= 11 is 2.07. The number of hydrogen-bond donors (Lipinski definition) is 3. The summed E-state index contributed by atoms with van der Waals surface area (Å²) in [7, 11) is 0. The van der Waals surface area contributed by atoms with Gasteiger partial charge in [0.25, 0.3) is 5.91 Å². The minimum absolute atomic E-state index is 0.0721. The topological polar surface area (TPSA) is 69.6 Å². The SMILES string of the molecule is O=C(NCC(O)c1ccccc1)c1cc(I)ccc1O. The molecule has 0 saturated carbocycles. The third kappa shape index (κ3) is 3.71. The Labute approximate surface area is 130 Å². The summed E-state index contributed by atoms with van der Waals surface area (Å²) in [6.45, 7) is 0.0910. The lowest BCUT2D eigenvalue weighted by Crippen LogP contribution is -2.28. The Balaban J connectivity index is 2.00. The molecule has 0 radical (unpaired) electrons. The van der Waals surface area contributed by atoms with Gasteiger partial charge in [0.05, 0.1) is 11.7 Å². The lowest BCUT2D eigenvalue weighted by molar-refractivity contribution is 0.0913. The van der Waals surface area contributed by atoms with E-state index in [1.165, 1.54) is 6.07 Å². The second-order valence-electron chi connectivity index (χ2n) is 4.30. The highest BCUT2D eigenvalue weighted by molar-refractivity contribution is 14.1. The molecule has 0 aliphatic carbocycles. The van der Waals surface area contributed by atoms with Crippen LogP contribution in [-0.4, -0.2) is 22.7 Å². The summed E-state index contributed by atoms with van der Waals surface area (Å²) in [5, 5.41) is 22.2. The number of halogens is 1. The number of phenolic OH excluding ortho intramolecular Hbond substituents is 1. The second-order valence-corrected chi connectivity index (χ2v) is 5.54. The standard InChI is InChI=1S/C15H14INO3/c16-11-6-7-13(18)12(8-11)15(20)17-9-14(19)10-4-2-1-3-5-10/h1-8,14,18-19H,9H2,(H,17,20). The molecule has 0 aliphatic heterocycles. The largest absolute Gasteiger partial charge is 0.507 e. The number of nitrogens with one attached hydrogen (secondary N) is 1. The minimum Gasteiger partial charge on any atom is -0.507 e. The molecule has 20 heavy (non-hydrogen) atoms. The van der Waals surface area contributed by atoms with Crippen LogP contribution in [0.15, 0.2) is 48.5 Å². The maximum atomic E-state index is 12.0. The molecular formula is C15H14INO3. The molecule has 1 amide bonds. The number of rotatable bonds is 4. The van der Waals surface area contributed by atoms with Crippen molar-refractivity contribution in [1.29, 1.82) is 0 Å². The van der Waals surface area contributed by atoms with Crippen molar-refractivity contribution >= 4 is 28.5 Å². The predicted molar refractivity (Wildman–Crippen MR) is 84.6 cm³/mol. The Bertz CT molecular complexity index is 601. The molecule has 0 aromatic heterocycles. The third-order valence-electron chi connectivity index (χ3n) is 2.84. The lowest BCUT2D eigenvalue weighted by atomic mass is 10.1. The van der Waals surface area contributed by atoms with Crippen LogP contribution in [0.5, 0.6) is 5.75 Å². The van der Waals surface area contributed by atoms with Gasteiger partial charge in [-0.1, -0.05) is 30.3 Å². The van der Waals surface area contributed by atoms with E-state index < -0.39 is 12.0 Å². The Morgan fingerprint density at radius 2 is 1.90 bits per heavy atom. The molecular weight excluding hydrogens is 369 g/mol. The van der Waals surface area contributed by atoms with Crippen LogP contribution in [-0.2, 0) is 0 Å². The van der Waals surface area contributed by atoms with Gasteiger partial charge in [0.2, 0.25) is 0 Å². The molecule has 3 N–H and O–H groups in total. The normalized spacial score (nSPS) is 11.9. The molecule has 104 valence electrons. The van der Waals surface area contributed by atoms with Crippen LogP contribution >= 0.6 is 22.6 Å². The minimum atomic E-state index is -0.773. The van der Waals surface area contributed by atoms with Crippen molar-refractivity contribution < 1.29 is 15.0 Å². The number of benzene rings is 2. The van der Waals surface area contributed by atoms with Gasteiger partial charge in [-0.15, -0.1) is 0 Å². The van der Waals surface area contributed by atoms with Gasteiger partial charge in [-0.25, -0.2) is 0 Å². The average Bonchev–Trinajstić information content (AvgIpc) is 2.47. The summed E-state index contributed by atoms with van der Waals surface area (Å²) in [5.41, 5.74) is 0.942. The molecule has 0 fully saturated rings. The van der Waals surface area contributed by atoms with Gasteiger partial charge in [0.15, 0.2) is 0 Å². The van der Waals surface area contributed by atoms with Crippen molar-refractivity contribution in [1.82, 2.24) is 5.32 Å². The molecule has 2 rings (SSSR count). The van der Waals surface area contributed by atoms with E-state index in [4.69, 9.17) is 0 Å². The van der Waals surface area contributed by atoms with Crippen LogP contribution in [0.25, 0.3) is 0 Å². The van der Waals surface area contributed by atoms with E-state index in [1.54, 1.807) is 24.3 Å². The Morgan fingerprint density at radius 3 is 2.60 bits per heavy atom. The van der Waals surface area contributed by atoms with Crippen LogP contribution in [0.1, 0.15) is 22.0 Å². The number of aromatic hydroxyl groups is 1. The molecule has 0 saturated heterocycles. The zero-order chi connectivity index (χ0) is 14.5. The van der Waals surface area contributed by atoms with E-state index in [-0.39, 0.29) is 17.9 Å². The lowest BCUT2D eigenvalue weighted by Gasteiger charge is -2.12. The number of aliphatic hydroxyl groups is 1. The Morgan fingerprint density at radius 1 is 1.20 bits per heavy atom. The first-order chi connectivity index (χ1) is 9.58. The van der Waals surface area contributed by atoms with Crippen LogP contribution in [0.2, 0.25) is 0 Å². The first kappa shape index (κ1) is 14.8. The number of phenols is 1. The van der Waals surface area contributed by atoms with Gasteiger partial charge in [-0.3, -0.25) is 4.79 Å². The predicted octanol–water partition coefficient (Wildman–Crippen LogP) is 2.46. The summed E-state index contributed by atoms with van der Waals surface area (Å²) < 4.78 is 0.856. The zero-order valence-corrected chi connectivity index (χ0v) is 12.7. The van der Waals surface area contributed by atoms with Crippen molar-refractivity contribution in [3.63, 3.8) is 0 Å². The van der Waals surface area contributed by atoms with Crippen molar-refractivity contribution in [2.75, 3.05) is 6.54 Å². The van der Waals surface area contributed by atoms with Gasteiger partial charge >= 0.3 is 0 Å². The fraction of sp³-hybridized carbons (Fsp3) is 0.133. The van der Waals surface area contributed by atoms with Crippen molar-refractivity contribution in [2.45, 2.75) is 6.10 Å². The van der Waals surface area contributed by atoms with Gasteiger partial charge in [0.1, 0.15) is 5.75 Å². The van der Waals surface area contributed by atoms with Gasteiger partial charge in [0, 0.05) is 10.1 Å². The number of carbonyl (C=O) groups excluding carboxylic acids is 1. The average molecular weight is 383 g/mol. The highest BCUT2D eigenvalue weighted by Crippen LogP contribution is 2.19. The van der Waals surface area contributed by atoms with Crippen LogP contribution in [0.4, 0.5) is 0 Å². The molecule has 0 bridgehead atoms. The Hall–Kier alpha value is -1.60. The van der Waals surface area contributed by atoms with E-state index in [2.05, 4.69) is 27.9 Å². The van der Waals surface area contributed by atoms with E-state index in [0.29, 0.717) is 0 Å². The summed E-state index contributed by atoms with van der Waals surface area (Å²) in [4.78, 5) is 12.0. The van der Waals surface area contributed by atoms with E-state index in [9.17, 15) is 15.0 Å². The van der Waals surface area contributed by atoms with Crippen LogP contribution in [0, 0.1) is 3.57 Å². The first-order valence-electron chi connectivity index (χ1n) is 6.07. The molecule has 0 spiro atoms. The summed E-state index contributed by atoms with van der Waals surface area (Å²) in [5.74, 6) is -0.479. The molecule has 2 aromatic carbocycles. The molecule has 1 atom stereocenters. The summed E-state index contributed by atoms with van der Waals surface area (Å²) in [6, 6.07) is 13.9. The number of carbonyl (C=O) groups is 1. The molecule has 1 unspecified atom stereocenters. The highest BCUT2D eigenvalue weighted by atomic mass is 127. The number of hydrogen-bond acceptors (Lipinski definition) is 3. The highest BCUT2D eigenvalue weighted by Gasteiger charge is 2.13. The maximum absolute atomic E-state index is 12.0. The number of aliphatic hydroxyl groups excluding tert-OH is 1. The molecule has 0 aliphatic rings. The van der Waals surface area contributed by atoms with Crippen molar-refractivity contribution in [3.05, 3.63) is 63.2 Å². The molecule has 0 heterocycles. The van der Waals surface area contributed by atoms with E-state index >= 15 is 0 Å². The fourth-order valence-electron chi connectivity index (χ4n) is 1.77. The van der Waals surface area contributed by atoms with Crippen LogP contribution < -0.4 is 5.32 Å². The van der Waals surface area contributed by atoms with Gasteiger partial charge < -0.3 is 15.5 Å². The smallest absolute Gasteiger partial charge is 0.255 e. The quantitative estimate of drug-likeness (QED) is 0.711.